The van der Waals surface area contributed by atoms with E-state index in [-0.39, 0.29) is 0 Å². The van der Waals surface area contributed by atoms with Crippen molar-refractivity contribution in [2.45, 2.75) is 53.0 Å². The summed E-state index contributed by atoms with van der Waals surface area (Å²) in [5.74, 6) is 2.52. The first-order chi connectivity index (χ1) is 9.60. The summed E-state index contributed by atoms with van der Waals surface area (Å²) < 4.78 is 0. The van der Waals surface area contributed by atoms with Crippen LogP contribution in [-0.4, -0.2) is 24.6 Å². The number of rotatable bonds is 5. The Morgan fingerprint density at radius 3 is 2.60 bits per heavy atom. The average Bonchev–Trinajstić information content (AvgIpc) is 2.45. The van der Waals surface area contributed by atoms with Crippen LogP contribution in [0.3, 0.4) is 0 Å². The van der Waals surface area contributed by atoms with Gasteiger partial charge in [0.25, 0.3) is 0 Å². The van der Waals surface area contributed by atoms with Gasteiger partial charge in [0.15, 0.2) is 0 Å². The molecule has 0 atom stereocenters. The van der Waals surface area contributed by atoms with Crippen LogP contribution in [-0.2, 0) is 6.54 Å². The number of hydrogen-bond acceptors (Lipinski definition) is 3. The van der Waals surface area contributed by atoms with Crippen LogP contribution in [0.25, 0.3) is 0 Å². The molecule has 1 aromatic rings. The Kier molecular flexibility index (Phi) is 5.41. The Hall–Kier alpha value is -1.09. The molecule has 1 N–H and O–H groups in total. The number of nitrogens with zero attached hydrogens (tertiary/aromatic N) is 2. The zero-order chi connectivity index (χ0) is 14.5. The van der Waals surface area contributed by atoms with E-state index in [0.29, 0.717) is 5.92 Å². The second kappa shape index (κ2) is 7.07. The van der Waals surface area contributed by atoms with E-state index in [9.17, 15) is 0 Å². The van der Waals surface area contributed by atoms with Gasteiger partial charge in [0.05, 0.1) is 0 Å². The fraction of sp³-hybridized carbons (Fsp3) is 0.706. The van der Waals surface area contributed by atoms with Crippen molar-refractivity contribution < 1.29 is 0 Å². The third-order valence-electron chi connectivity index (χ3n) is 4.17. The number of piperidine rings is 1. The van der Waals surface area contributed by atoms with Crippen molar-refractivity contribution in [3.05, 3.63) is 23.4 Å². The number of hydrogen-bond donors (Lipinski definition) is 1. The maximum atomic E-state index is 4.89. The van der Waals surface area contributed by atoms with Crippen LogP contribution in [0.2, 0.25) is 0 Å². The van der Waals surface area contributed by atoms with E-state index in [4.69, 9.17) is 4.98 Å². The Balaban J connectivity index is 2.19. The second-order valence-electron chi connectivity index (χ2n) is 6.36. The molecule has 0 saturated carbocycles. The molecule has 1 saturated heterocycles. The zero-order valence-corrected chi connectivity index (χ0v) is 13.4. The highest BCUT2D eigenvalue weighted by Gasteiger charge is 2.18. The van der Waals surface area contributed by atoms with Crippen molar-refractivity contribution in [2.75, 3.05) is 24.5 Å². The maximum Gasteiger partial charge on any atom is 0.129 e. The molecule has 1 fully saturated rings. The lowest BCUT2D eigenvalue weighted by molar-refractivity contribution is 0.436. The summed E-state index contributed by atoms with van der Waals surface area (Å²) in [6.07, 6.45) is 2.58. The smallest absolute Gasteiger partial charge is 0.129 e. The minimum Gasteiger partial charge on any atom is -0.357 e. The molecule has 3 nitrogen and oxygen atoms in total. The summed E-state index contributed by atoms with van der Waals surface area (Å²) in [5, 5.41) is 3.42. The molecular formula is C17H29N3. The molecule has 1 aliphatic rings. The first-order valence-corrected chi connectivity index (χ1v) is 8.06. The van der Waals surface area contributed by atoms with Crippen molar-refractivity contribution in [2.24, 2.45) is 5.92 Å². The van der Waals surface area contributed by atoms with E-state index in [1.807, 2.05) is 0 Å². The Morgan fingerprint density at radius 1 is 1.30 bits per heavy atom. The molecule has 0 aromatic carbocycles. The lowest BCUT2D eigenvalue weighted by atomic mass is 9.99. The molecule has 0 bridgehead atoms. The van der Waals surface area contributed by atoms with Gasteiger partial charge in [-0.3, -0.25) is 0 Å². The molecule has 0 radical (unpaired) electrons. The summed E-state index contributed by atoms with van der Waals surface area (Å²) >= 11 is 0. The number of pyridine rings is 1. The summed E-state index contributed by atoms with van der Waals surface area (Å²) in [5.41, 5.74) is 2.58. The van der Waals surface area contributed by atoms with Gasteiger partial charge in [-0.2, -0.15) is 0 Å². The van der Waals surface area contributed by atoms with Crippen LogP contribution in [0.1, 0.15) is 57.7 Å². The van der Waals surface area contributed by atoms with Gasteiger partial charge in [-0.05, 0) is 48.9 Å². The minimum absolute atomic E-state index is 0.485. The molecule has 0 aliphatic carbocycles. The molecule has 20 heavy (non-hydrogen) atoms. The molecule has 0 unspecified atom stereocenters. The standard InChI is InChI=1S/C17H29N3/c1-5-18-12-15-10-16(13(2)3)19-17(11-15)20-8-6-14(4)7-9-20/h10-11,13-14,18H,5-9,12H2,1-4H3. The first-order valence-electron chi connectivity index (χ1n) is 8.06. The Morgan fingerprint density at radius 2 is 2.00 bits per heavy atom. The third kappa shape index (κ3) is 3.95. The molecule has 2 heterocycles. The predicted molar refractivity (Wildman–Crippen MR) is 86.3 cm³/mol. The normalized spacial score (nSPS) is 16.9. The van der Waals surface area contributed by atoms with Crippen LogP contribution < -0.4 is 10.2 Å². The van der Waals surface area contributed by atoms with Gasteiger partial charge in [0, 0.05) is 25.3 Å². The largest absolute Gasteiger partial charge is 0.357 e. The lowest BCUT2D eigenvalue weighted by Gasteiger charge is -2.32. The number of aromatic nitrogens is 1. The van der Waals surface area contributed by atoms with Gasteiger partial charge in [-0.1, -0.05) is 27.7 Å². The van der Waals surface area contributed by atoms with E-state index in [1.54, 1.807) is 0 Å². The van der Waals surface area contributed by atoms with Gasteiger partial charge in [0.1, 0.15) is 5.82 Å². The van der Waals surface area contributed by atoms with Gasteiger partial charge >= 0.3 is 0 Å². The highest BCUT2D eigenvalue weighted by Crippen LogP contribution is 2.24. The summed E-state index contributed by atoms with van der Waals surface area (Å²) in [6, 6.07) is 4.52. The van der Waals surface area contributed by atoms with Crippen LogP contribution >= 0.6 is 0 Å². The summed E-state index contributed by atoms with van der Waals surface area (Å²) in [4.78, 5) is 7.35. The predicted octanol–water partition coefficient (Wildman–Crippen LogP) is 3.55. The first kappa shape index (κ1) is 15.3. The van der Waals surface area contributed by atoms with Crippen molar-refractivity contribution in [1.29, 1.82) is 0 Å². The summed E-state index contributed by atoms with van der Waals surface area (Å²) in [6.45, 7) is 13.2. The Labute approximate surface area is 123 Å². The molecule has 0 amide bonds. The quantitative estimate of drug-likeness (QED) is 0.890. The van der Waals surface area contributed by atoms with E-state index in [2.05, 4.69) is 50.0 Å². The van der Waals surface area contributed by atoms with E-state index in [0.717, 1.165) is 32.1 Å². The second-order valence-corrected chi connectivity index (χ2v) is 6.36. The summed E-state index contributed by atoms with van der Waals surface area (Å²) in [7, 11) is 0. The van der Waals surface area contributed by atoms with Crippen LogP contribution in [0, 0.1) is 5.92 Å². The highest BCUT2D eigenvalue weighted by atomic mass is 15.2. The minimum atomic E-state index is 0.485. The molecular weight excluding hydrogens is 246 g/mol. The molecule has 3 heteroatoms. The monoisotopic (exact) mass is 275 g/mol. The van der Waals surface area contributed by atoms with Gasteiger partial charge in [-0.15, -0.1) is 0 Å². The topological polar surface area (TPSA) is 28.2 Å². The maximum absolute atomic E-state index is 4.89. The van der Waals surface area contributed by atoms with Gasteiger partial charge in [-0.25, -0.2) is 4.98 Å². The van der Waals surface area contributed by atoms with Crippen LogP contribution in [0.5, 0.6) is 0 Å². The van der Waals surface area contributed by atoms with Crippen molar-refractivity contribution >= 4 is 5.82 Å². The lowest BCUT2D eigenvalue weighted by Crippen LogP contribution is -2.33. The zero-order valence-electron chi connectivity index (χ0n) is 13.4. The number of anilines is 1. The SMILES string of the molecule is CCNCc1cc(C(C)C)nc(N2CCC(C)CC2)c1. The fourth-order valence-corrected chi connectivity index (χ4v) is 2.66. The van der Waals surface area contributed by atoms with E-state index < -0.39 is 0 Å². The molecule has 1 aromatic heterocycles. The van der Waals surface area contributed by atoms with Gasteiger partial charge < -0.3 is 10.2 Å². The molecule has 1 aliphatic heterocycles. The average molecular weight is 275 g/mol. The van der Waals surface area contributed by atoms with Crippen LogP contribution in [0.15, 0.2) is 12.1 Å². The fourth-order valence-electron chi connectivity index (χ4n) is 2.66. The third-order valence-corrected chi connectivity index (χ3v) is 4.17. The highest BCUT2D eigenvalue weighted by molar-refractivity contribution is 5.43. The van der Waals surface area contributed by atoms with Crippen LogP contribution in [0.4, 0.5) is 5.82 Å². The van der Waals surface area contributed by atoms with E-state index in [1.165, 1.54) is 29.9 Å². The van der Waals surface area contributed by atoms with Gasteiger partial charge in [0.2, 0.25) is 0 Å². The Bertz CT molecular complexity index is 420. The molecule has 0 spiro atoms. The molecule has 2 rings (SSSR count). The van der Waals surface area contributed by atoms with E-state index >= 15 is 0 Å². The van der Waals surface area contributed by atoms with Crippen molar-refractivity contribution in [3.63, 3.8) is 0 Å². The molecule has 112 valence electrons. The van der Waals surface area contributed by atoms with Crippen molar-refractivity contribution in [3.8, 4) is 0 Å². The van der Waals surface area contributed by atoms with Crippen molar-refractivity contribution in [1.82, 2.24) is 10.3 Å². The number of nitrogens with one attached hydrogen (secondary N) is 1.